The largest absolute Gasteiger partial charge is 0.352 e. The molecule has 0 fully saturated rings. The first-order valence-electron chi connectivity index (χ1n) is 10.0. The third kappa shape index (κ3) is 4.54. The fraction of sp³-hybridized carbons (Fsp3) is 0.125. The number of nitrogens with zero attached hydrogens (tertiary/aromatic N) is 4. The summed E-state index contributed by atoms with van der Waals surface area (Å²) in [5.41, 5.74) is 1.20. The predicted octanol–water partition coefficient (Wildman–Crippen LogP) is 2.08. The minimum Gasteiger partial charge on any atom is -0.346 e. The average Bonchev–Trinajstić information content (AvgIpc) is 2.81. The molecule has 0 bridgehead atoms. The van der Waals surface area contributed by atoms with Crippen LogP contribution in [-0.2, 0) is 13.1 Å². The van der Waals surface area contributed by atoms with E-state index >= 15 is 0 Å². The number of aromatic nitrogens is 4. The number of carbonyl (C=O) groups is 1. The van der Waals surface area contributed by atoms with Gasteiger partial charge < -0.3 is 5.32 Å². The molecule has 0 aliphatic carbocycles. The SMILES string of the molecule is Cc1cccc(-n2nc(C(=O)NCc3cccnc3)c(=O)n(Cc3ccccc3)c2=O)c1. The van der Waals surface area contributed by atoms with Crippen LogP contribution in [0.3, 0.4) is 0 Å². The van der Waals surface area contributed by atoms with Crippen molar-refractivity contribution in [2.75, 3.05) is 0 Å². The lowest BCUT2D eigenvalue weighted by Crippen LogP contribution is -2.46. The van der Waals surface area contributed by atoms with E-state index < -0.39 is 17.2 Å². The molecule has 0 saturated heterocycles. The first-order valence-corrected chi connectivity index (χ1v) is 10.0. The number of nitrogens with one attached hydrogen (secondary N) is 1. The van der Waals surface area contributed by atoms with Crippen LogP contribution in [0.2, 0.25) is 0 Å². The van der Waals surface area contributed by atoms with Crippen LogP contribution in [-0.4, -0.2) is 25.2 Å². The van der Waals surface area contributed by atoms with Gasteiger partial charge in [0.15, 0.2) is 0 Å². The molecule has 8 nitrogen and oxygen atoms in total. The van der Waals surface area contributed by atoms with E-state index in [1.54, 1.807) is 36.7 Å². The van der Waals surface area contributed by atoms with Crippen LogP contribution in [0.25, 0.3) is 5.69 Å². The first-order chi connectivity index (χ1) is 15.5. The van der Waals surface area contributed by atoms with Crippen molar-refractivity contribution < 1.29 is 4.79 Å². The van der Waals surface area contributed by atoms with E-state index in [9.17, 15) is 14.4 Å². The van der Waals surface area contributed by atoms with Gasteiger partial charge in [-0.1, -0.05) is 48.5 Å². The maximum absolute atomic E-state index is 13.2. The average molecular weight is 427 g/mol. The van der Waals surface area contributed by atoms with Crippen molar-refractivity contribution in [3.05, 3.63) is 122 Å². The molecule has 0 radical (unpaired) electrons. The summed E-state index contributed by atoms with van der Waals surface area (Å²) in [5, 5.41) is 6.83. The smallest absolute Gasteiger partial charge is 0.346 e. The molecule has 4 aromatic rings. The van der Waals surface area contributed by atoms with Gasteiger partial charge in [-0.2, -0.15) is 9.78 Å². The standard InChI is InChI=1S/C24H21N5O3/c1-17-7-5-11-20(13-17)29-24(32)28(16-18-8-3-2-4-9-18)23(31)21(27-29)22(30)26-15-19-10-6-12-25-14-19/h2-14H,15-16H2,1H3,(H,26,30). The molecule has 0 atom stereocenters. The van der Waals surface area contributed by atoms with E-state index in [1.165, 1.54) is 0 Å². The normalized spacial score (nSPS) is 10.7. The van der Waals surface area contributed by atoms with Crippen LogP contribution in [0.1, 0.15) is 27.2 Å². The van der Waals surface area contributed by atoms with Crippen LogP contribution in [0.15, 0.2) is 88.7 Å². The van der Waals surface area contributed by atoms with Gasteiger partial charge in [-0.3, -0.25) is 19.1 Å². The zero-order valence-electron chi connectivity index (χ0n) is 17.4. The van der Waals surface area contributed by atoms with E-state index in [0.717, 1.165) is 25.9 Å². The van der Waals surface area contributed by atoms with E-state index in [0.29, 0.717) is 5.69 Å². The van der Waals surface area contributed by atoms with Gasteiger partial charge in [0.2, 0.25) is 5.69 Å². The maximum atomic E-state index is 13.2. The lowest BCUT2D eigenvalue weighted by Gasteiger charge is -2.13. The van der Waals surface area contributed by atoms with E-state index in [2.05, 4.69) is 15.4 Å². The quantitative estimate of drug-likeness (QED) is 0.508. The Hall–Kier alpha value is -4.33. The van der Waals surface area contributed by atoms with Gasteiger partial charge >= 0.3 is 5.69 Å². The second kappa shape index (κ2) is 9.22. The van der Waals surface area contributed by atoms with E-state index in [1.807, 2.05) is 49.4 Å². The van der Waals surface area contributed by atoms with E-state index in [4.69, 9.17) is 0 Å². The van der Waals surface area contributed by atoms with Crippen molar-refractivity contribution in [1.29, 1.82) is 0 Å². The molecule has 0 spiro atoms. The third-order valence-corrected chi connectivity index (χ3v) is 4.88. The fourth-order valence-corrected chi connectivity index (χ4v) is 3.26. The molecule has 2 aromatic heterocycles. The Kier molecular flexibility index (Phi) is 6.03. The highest BCUT2D eigenvalue weighted by Crippen LogP contribution is 2.07. The minimum atomic E-state index is -0.744. The molecule has 160 valence electrons. The Labute approximate surface area is 183 Å². The number of amides is 1. The Bertz CT molecular complexity index is 1360. The highest BCUT2D eigenvalue weighted by atomic mass is 16.2. The zero-order valence-corrected chi connectivity index (χ0v) is 17.4. The number of hydrogen-bond donors (Lipinski definition) is 1. The second-order valence-electron chi connectivity index (χ2n) is 7.30. The molecule has 8 heteroatoms. The van der Waals surface area contributed by atoms with Crippen molar-refractivity contribution in [2.24, 2.45) is 0 Å². The number of aryl methyl sites for hydroxylation is 1. The maximum Gasteiger partial charge on any atom is 0.352 e. The van der Waals surface area contributed by atoms with Crippen LogP contribution in [0.4, 0.5) is 0 Å². The molecule has 2 aromatic carbocycles. The molecular formula is C24H21N5O3. The molecule has 0 aliphatic rings. The molecule has 0 aliphatic heterocycles. The molecule has 1 N–H and O–H groups in total. The number of benzene rings is 2. The van der Waals surface area contributed by atoms with Gasteiger partial charge in [0.05, 0.1) is 12.2 Å². The molecule has 32 heavy (non-hydrogen) atoms. The Balaban J connectivity index is 1.78. The minimum absolute atomic E-state index is 0.0235. The summed E-state index contributed by atoms with van der Waals surface area (Å²) in [6.45, 7) is 2.09. The van der Waals surface area contributed by atoms with Gasteiger partial charge in [-0.15, -0.1) is 0 Å². The van der Waals surface area contributed by atoms with Crippen molar-refractivity contribution in [2.45, 2.75) is 20.0 Å². The highest BCUT2D eigenvalue weighted by Gasteiger charge is 2.20. The van der Waals surface area contributed by atoms with Crippen molar-refractivity contribution >= 4 is 5.91 Å². The first kappa shape index (κ1) is 20.9. The Morgan fingerprint density at radius 1 is 0.969 bits per heavy atom. The molecule has 2 heterocycles. The molecule has 0 saturated carbocycles. The monoisotopic (exact) mass is 427 g/mol. The fourth-order valence-electron chi connectivity index (χ4n) is 3.26. The summed E-state index contributed by atoms with van der Waals surface area (Å²) < 4.78 is 2.12. The molecule has 0 unspecified atom stereocenters. The third-order valence-electron chi connectivity index (χ3n) is 4.88. The summed E-state index contributed by atoms with van der Waals surface area (Å²) in [7, 11) is 0. The van der Waals surface area contributed by atoms with Crippen LogP contribution >= 0.6 is 0 Å². The van der Waals surface area contributed by atoms with Crippen molar-refractivity contribution in [1.82, 2.24) is 24.6 Å². The zero-order chi connectivity index (χ0) is 22.5. The molecular weight excluding hydrogens is 406 g/mol. The van der Waals surface area contributed by atoms with Crippen molar-refractivity contribution in [3.8, 4) is 5.69 Å². The second-order valence-corrected chi connectivity index (χ2v) is 7.30. The highest BCUT2D eigenvalue weighted by molar-refractivity contribution is 5.91. The summed E-state index contributed by atoms with van der Waals surface area (Å²) in [5.74, 6) is -0.665. The number of pyridine rings is 1. The van der Waals surface area contributed by atoms with Gasteiger partial charge in [0, 0.05) is 18.9 Å². The Morgan fingerprint density at radius 3 is 2.47 bits per heavy atom. The van der Waals surface area contributed by atoms with Crippen LogP contribution in [0, 0.1) is 6.92 Å². The summed E-state index contributed by atoms with van der Waals surface area (Å²) in [6, 6.07) is 19.8. The summed E-state index contributed by atoms with van der Waals surface area (Å²) in [6.07, 6.45) is 3.25. The van der Waals surface area contributed by atoms with Crippen LogP contribution < -0.4 is 16.6 Å². The topological polar surface area (TPSA) is 98.9 Å². The van der Waals surface area contributed by atoms with Crippen molar-refractivity contribution in [3.63, 3.8) is 0 Å². The summed E-state index contributed by atoms with van der Waals surface area (Å²) in [4.78, 5) is 43.2. The predicted molar refractivity (Wildman–Crippen MR) is 120 cm³/mol. The van der Waals surface area contributed by atoms with Gasteiger partial charge in [0.1, 0.15) is 0 Å². The Morgan fingerprint density at radius 2 is 1.75 bits per heavy atom. The number of hydrogen-bond acceptors (Lipinski definition) is 5. The lowest BCUT2D eigenvalue weighted by molar-refractivity contribution is 0.0941. The lowest BCUT2D eigenvalue weighted by atomic mass is 10.2. The van der Waals surface area contributed by atoms with Crippen LogP contribution in [0.5, 0.6) is 0 Å². The molecule has 1 amide bonds. The van der Waals surface area contributed by atoms with Gasteiger partial charge in [-0.05, 0) is 41.8 Å². The van der Waals surface area contributed by atoms with Gasteiger partial charge in [0.25, 0.3) is 11.5 Å². The summed E-state index contributed by atoms with van der Waals surface area (Å²) >= 11 is 0. The number of rotatable bonds is 6. The number of carbonyl (C=O) groups excluding carboxylic acids is 1. The van der Waals surface area contributed by atoms with E-state index in [-0.39, 0.29) is 18.8 Å². The van der Waals surface area contributed by atoms with Gasteiger partial charge in [-0.25, -0.2) is 4.79 Å². The molecule has 4 rings (SSSR count).